The molecule has 0 atom stereocenters. The molecule has 27 heavy (non-hydrogen) atoms. The molecule has 1 saturated heterocycles. The Bertz CT molecular complexity index is 803. The number of hydrogen-bond donors (Lipinski definition) is 2. The van der Waals surface area contributed by atoms with Gasteiger partial charge in [-0.05, 0) is 18.2 Å². The van der Waals surface area contributed by atoms with E-state index in [0.717, 1.165) is 29.2 Å². The number of benzene rings is 2. The Morgan fingerprint density at radius 2 is 1.96 bits per heavy atom. The van der Waals surface area contributed by atoms with Crippen LogP contribution in [0.15, 0.2) is 36.4 Å². The summed E-state index contributed by atoms with van der Waals surface area (Å²) in [7, 11) is 3.18. The van der Waals surface area contributed by atoms with Gasteiger partial charge in [-0.3, -0.25) is 4.90 Å². The lowest BCUT2D eigenvalue weighted by atomic mass is 10.1. The molecule has 0 amide bonds. The fraction of sp³-hybridized carbons (Fsp3) is 0.350. The van der Waals surface area contributed by atoms with Crippen LogP contribution in [0.25, 0.3) is 0 Å². The topological polar surface area (TPSA) is 84.3 Å². The van der Waals surface area contributed by atoms with E-state index in [9.17, 15) is 9.90 Å². The molecule has 0 aromatic heterocycles. The normalized spacial score (nSPS) is 14.6. The molecule has 7 heteroatoms. The van der Waals surface area contributed by atoms with E-state index in [1.54, 1.807) is 20.3 Å². The first-order chi connectivity index (χ1) is 13.1. The van der Waals surface area contributed by atoms with Crippen LogP contribution in [0.3, 0.4) is 0 Å². The van der Waals surface area contributed by atoms with Crippen LogP contribution in [0.1, 0.15) is 15.9 Å². The number of quaternary nitrogens is 1. The number of aromatic carboxylic acids is 1. The first-order valence-corrected chi connectivity index (χ1v) is 8.86. The average molecular weight is 372 g/mol. The highest BCUT2D eigenvalue weighted by Gasteiger charge is 2.21. The summed E-state index contributed by atoms with van der Waals surface area (Å²) in [6.45, 7) is 3.20. The Balaban J connectivity index is 1.80. The Labute approximate surface area is 158 Å². The van der Waals surface area contributed by atoms with E-state index in [0.29, 0.717) is 36.9 Å². The van der Waals surface area contributed by atoms with Gasteiger partial charge in [0.1, 0.15) is 18.8 Å². The third kappa shape index (κ3) is 4.32. The molecule has 0 bridgehead atoms. The molecule has 0 spiro atoms. The van der Waals surface area contributed by atoms with Gasteiger partial charge in [0.15, 0.2) is 11.5 Å². The van der Waals surface area contributed by atoms with Crippen LogP contribution in [-0.4, -0.2) is 46.5 Å². The van der Waals surface area contributed by atoms with Crippen molar-refractivity contribution in [2.45, 2.75) is 6.54 Å². The summed E-state index contributed by atoms with van der Waals surface area (Å²) in [6, 6.07) is 11.0. The minimum absolute atomic E-state index is 0.203. The van der Waals surface area contributed by atoms with Crippen molar-refractivity contribution in [3.05, 3.63) is 47.5 Å². The van der Waals surface area contributed by atoms with E-state index in [2.05, 4.69) is 5.32 Å². The van der Waals surface area contributed by atoms with E-state index in [-0.39, 0.29) is 5.56 Å². The van der Waals surface area contributed by atoms with Crippen molar-refractivity contribution in [2.24, 2.45) is 0 Å². The lowest BCUT2D eigenvalue weighted by Crippen LogP contribution is -3.09. The molecular formula is C20H24N2O5. The summed E-state index contributed by atoms with van der Waals surface area (Å²) in [5.74, 6) is 0.132. The summed E-state index contributed by atoms with van der Waals surface area (Å²) < 4.78 is 16.1. The smallest absolute Gasteiger partial charge is 0.165 e. The van der Waals surface area contributed by atoms with E-state index < -0.39 is 5.97 Å². The number of methoxy groups -OCH3 is 2. The van der Waals surface area contributed by atoms with E-state index in [1.165, 1.54) is 0 Å². The Morgan fingerprint density at radius 3 is 2.63 bits per heavy atom. The number of morpholine rings is 1. The van der Waals surface area contributed by atoms with Gasteiger partial charge in [-0.2, -0.15) is 0 Å². The van der Waals surface area contributed by atoms with Gasteiger partial charge in [0.05, 0.1) is 39.0 Å². The lowest BCUT2D eigenvalue weighted by molar-refractivity contribution is -0.842. The van der Waals surface area contributed by atoms with E-state index >= 15 is 0 Å². The minimum atomic E-state index is -1.17. The van der Waals surface area contributed by atoms with Gasteiger partial charge in [-0.1, -0.05) is 12.1 Å². The van der Waals surface area contributed by atoms with E-state index in [1.807, 2.05) is 30.3 Å². The fourth-order valence-electron chi connectivity index (χ4n) is 3.31. The molecule has 7 nitrogen and oxygen atoms in total. The molecule has 3 rings (SSSR count). The van der Waals surface area contributed by atoms with Gasteiger partial charge in [0, 0.05) is 23.9 Å². The number of rotatable bonds is 7. The summed E-state index contributed by atoms with van der Waals surface area (Å²) in [5, 5.41) is 14.9. The zero-order chi connectivity index (χ0) is 19.2. The SMILES string of the molecule is COc1cccc(CNc2ccc([NH+]3CCOCC3)c(C(=O)[O-])c2)c1OC. The molecule has 2 aromatic rings. The maximum Gasteiger partial charge on any atom is 0.165 e. The Morgan fingerprint density at radius 1 is 1.19 bits per heavy atom. The van der Waals surface area contributed by atoms with Gasteiger partial charge >= 0.3 is 0 Å². The summed E-state index contributed by atoms with van der Waals surface area (Å²) in [4.78, 5) is 12.8. The zero-order valence-corrected chi connectivity index (χ0v) is 15.5. The lowest BCUT2D eigenvalue weighted by Gasteiger charge is -2.26. The third-order valence-corrected chi connectivity index (χ3v) is 4.68. The molecule has 1 aliphatic rings. The summed E-state index contributed by atoms with van der Waals surface area (Å²) in [5.41, 5.74) is 2.56. The van der Waals surface area contributed by atoms with Crippen molar-refractivity contribution in [3.8, 4) is 11.5 Å². The number of ether oxygens (including phenoxy) is 3. The zero-order valence-electron chi connectivity index (χ0n) is 15.5. The van der Waals surface area contributed by atoms with E-state index in [4.69, 9.17) is 14.2 Å². The molecule has 0 unspecified atom stereocenters. The monoisotopic (exact) mass is 372 g/mol. The molecule has 1 fully saturated rings. The molecule has 1 heterocycles. The number of carbonyl (C=O) groups is 1. The van der Waals surface area contributed by atoms with Crippen LogP contribution in [0.4, 0.5) is 11.4 Å². The number of hydrogen-bond acceptors (Lipinski definition) is 6. The van der Waals surface area contributed by atoms with Crippen LogP contribution >= 0.6 is 0 Å². The predicted molar refractivity (Wildman–Crippen MR) is 98.8 cm³/mol. The van der Waals surface area contributed by atoms with Crippen molar-refractivity contribution in [2.75, 3.05) is 45.8 Å². The Kier molecular flexibility index (Phi) is 6.16. The molecule has 0 saturated carbocycles. The third-order valence-electron chi connectivity index (χ3n) is 4.68. The number of carboxylic acid groups (broad SMARTS) is 1. The standard InChI is InChI=1S/C20H24N2O5/c1-25-18-5-3-4-14(19(18)26-2)13-21-15-6-7-17(16(12-15)20(23)24)22-8-10-27-11-9-22/h3-7,12,21H,8-11,13H2,1-2H3,(H,23,24). The van der Waals surface area contributed by atoms with Crippen molar-refractivity contribution in [3.63, 3.8) is 0 Å². The van der Waals surface area contributed by atoms with Crippen LogP contribution < -0.4 is 24.8 Å². The molecule has 0 radical (unpaired) electrons. The van der Waals surface area contributed by atoms with Gasteiger partial charge < -0.3 is 29.4 Å². The van der Waals surface area contributed by atoms with Gasteiger partial charge in [0.25, 0.3) is 0 Å². The average Bonchev–Trinajstić information content (AvgIpc) is 2.72. The largest absolute Gasteiger partial charge is 0.545 e. The second-order valence-corrected chi connectivity index (χ2v) is 6.27. The number of carboxylic acids is 1. The highest BCUT2D eigenvalue weighted by atomic mass is 16.5. The number of anilines is 1. The predicted octanol–water partition coefficient (Wildman–Crippen LogP) is 0.226. The summed E-state index contributed by atoms with van der Waals surface area (Å²) >= 11 is 0. The van der Waals surface area contributed by atoms with Crippen molar-refractivity contribution in [1.29, 1.82) is 0 Å². The first kappa shape index (κ1) is 19.0. The maximum atomic E-state index is 11.7. The first-order valence-electron chi connectivity index (χ1n) is 8.86. The minimum Gasteiger partial charge on any atom is -0.545 e. The number of para-hydroxylation sites is 1. The second-order valence-electron chi connectivity index (χ2n) is 6.27. The van der Waals surface area contributed by atoms with Gasteiger partial charge in [0.2, 0.25) is 0 Å². The van der Waals surface area contributed by atoms with Crippen LogP contribution in [0, 0.1) is 0 Å². The Hall–Kier alpha value is -2.77. The molecule has 2 aromatic carbocycles. The molecule has 144 valence electrons. The highest BCUT2D eigenvalue weighted by molar-refractivity contribution is 5.92. The molecule has 1 aliphatic heterocycles. The van der Waals surface area contributed by atoms with Crippen molar-refractivity contribution < 1.29 is 29.0 Å². The van der Waals surface area contributed by atoms with Crippen LogP contribution in [-0.2, 0) is 11.3 Å². The molecular weight excluding hydrogens is 348 g/mol. The van der Waals surface area contributed by atoms with Gasteiger partial charge in [-0.25, -0.2) is 0 Å². The maximum absolute atomic E-state index is 11.7. The van der Waals surface area contributed by atoms with Crippen molar-refractivity contribution in [1.82, 2.24) is 0 Å². The molecule has 0 aliphatic carbocycles. The molecule has 2 N–H and O–H groups in total. The highest BCUT2D eigenvalue weighted by Crippen LogP contribution is 2.31. The quantitative estimate of drug-likeness (QED) is 0.724. The summed E-state index contributed by atoms with van der Waals surface area (Å²) in [6.07, 6.45) is 0. The van der Waals surface area contributed by atoms with Crippen molar-refractivity contribution >= 4 is 17.3 Å². The second kappa shape index (κ2) is 8.75. The van der Waals surface area contributed by atoms with Crippen LogP contribution in [0.2, 0.25) is 0 Å². The fourth-order valence-corrected chi connectivity index (χ4v) is 3.31. The van der Waals surface area contributed by atoms with Gasteiger partial charge in [-0.15, -0.1) is 0 Å². The number of carbonyl (C=O) groups excluding carboxylic acids is 1. The van der Waals surface area contributed by atoms with Crippen LogP contribution in [0.5, 0.6) is 11.5 Å². The number of nitrogens with one attached hydrogen (secondary N) is 2.